The van der Waals surface area contributed by atoms with E-state index in [1.165, 1.54) is 6.92 Å². The van der Waals surface area contributed by atoms with Crippen LogP contribution in [0.25, 0.3) is 0 Å². The van der Waals surface area contributed by atoms with Crippen LogP contribution in [-0.2, 0) is 14.3 Å². The number of rotatable bonds is 5. The van der Waals surface area contributed by atoms with Gasteiger partial charge in [0.15, 0.2) is 0 Å². The van der Waals surface area contributed by atoms with Crippen molar-refractivity contribution in [1.29, 1.82) is 0 Å². The lowest BCUT2D eigenvalue weighted by Crippen LogP contribution is -2.16. The normalized spacial score (nSPS) is 10.0. The lowest BCUT2D eigenvalue weighted by molar-refractivity contribution is -0.140. The molecule has 4 nitrogen and oxygen atoms in total. The van der Waals surface area contributed by atoms with E-state index in [9.17, 15) is 22.8 Å². The topological polar surface area (TPSA) is 52.6 Å². The molecular formula is C13H11F3O4. The third-order valence-corrected chi connectivity index (χ3v) is 2.11. The molecule has 0 aromatic heterocycles. The van der Waals surface area contributed by atoms with Crippen LogP contribution >= 0.6 is 0 Å². The Hall–Kier alpha value is -2.31. The Morgan fingerprint density at radius 2 is 1.60 bits per heavy atom. The molecule has 0 atom stereocenters. The summed E-state index contributed by atoms with van der Waals surface area (Å²) in [6, 6.07) is 0.724. The first kappa shape index (κ1) is 15.7. The second-order valence-electron chi connectivity index (χ2n) is 3.80. The largest absolute Gasteiger partial charge is 0.459 e. The van der Waals surface area contributed by atoms with E-state index in [-0.39, 0.29) is 12.2 Å². The summed E-state index contributed by atoms with van der Waals surface area (Å²) in [5, 5.41) is 0. The maximum Gasteiger partial charge on any atom is 0.344 e. The van der Waals surface area contributed by atoms with Crippen molar-refractivity contribution in [2.24, 2.45) is 0 Å². The highest BCUT2D eigenvalue weighted by molar-refractivity contribution is 5.90. The second kappa shape index (κ2) is 6.74. The number of carbonyl (C=O) groups is 2. The molecule has 0 amide bonds. The minimum atomic E-state index is -1.37. The van der Waals surface area contributed by atoms with Gasteiger partial charge in [0.25, 0.3) is 0 Å². The molecule has 1 aromatic carbocycles. The van der Waals surface area contributed by atoms with Crippen LogP contribution in [0.4, 0.5) is 13.2 Å². The third kappa shape index (κ3) is 4.11. The molecule has 0 bridgehead atoms. The fourth-order valence-electron chi connectivity index (χ4n) is 1.20. The van der Waals surface area contributed by atoms with E-state index in [0.29, 0.717) is 12.1 Å². The summed E-state index contributed by atoms with van der Waals surface area (Å²) < 4.78 is 48.2. The summed E-state index contributed by atoms with van der Waals surface area (Å²) in [7, 11) is 0. The van der Waals surface area contributed by atoms with Crippen molar-refractivity contribution in [2.75, 3.05) is 13.2 Å². The van der Waals surface area contributed by atoms with Gasteiger partial charge in [-0.3, -0.25) is 0 Å². The average Bonchev–Trinajstić information content (AvgIpc) is 2.32. The van der Waals surface area contributed by atoms with Crippen molar-refractivity contribution < 1.29 is 32.2 Å². The highest BCUT2D eigenvalue weighted by Crippen LogP contribution is 2.15. The first-order chi connectivity index (χ1) is 9.32. The molecule has 0 aliphatic rings. The van der Waals surface area contributed by atoms with E-state index in [2.05, 4.69) is 16.1 Å². The van der Waals surface area contributed by atoms with Crippen molar-refractivity contribution in [3.05, 3.63) is 47.3 Å². The lowest BCUT2D eigenvalue weighted by atomic mass is 10.2. The third-order valence-electron chi connectivity index (χ3n) is 2.11. The number of hydrogen-bond acceptors (Lipinski definition) is 4. The Balaban J connectivity index is 2.56. The SMILES string of the molecule is C=C(C)C(=O)OCCOC(=O)c1c(F)cc(F)cc1F. The zero-order chi connectivity index (χ0) is 15.3. The molecule has 108 valence electrons. The number of carbonyl (C=O) groups excluding carboxylic acids is 2. The average molecular weight is 288 g/mol. The number of esters is 2. The Kier molecular flexibility index (Phi) is 5.31. The number of halogens is 3. The van der Waals surface area contributed by atoms with E-state index in [1.807, 2.05) is 0 Å². The number of hydrogen-bond donors (Lipinski definition) is 0. The second-order valence-corrected chi connectivity index (χ2v) is 3.80. The van der Waals surface area contributed by atoms with Crippen LogP contribution in [0.15, 0.2) is 24.3 Å². The van der Waals surface area contributed by atoms with Crippen molar-refractivity contribution >= 4 is 11.9 Å². The van der Waals surface area contributed by atoms with Gasteiger partial charge < -0.3 is 9.47 Å². The quantitative estimate of drug-likeness (QED) is 0.474. The van der Waals surface area contributed by atoms with Gasteiger partial charge in [0.2, 0.25) is 0 Å². The molecule has 0 aliphatic heterocycles. The fourth-order valence-corrected chi connectivity index (χ4v) is 1.20. The fraction of sp³-hybridized carbons (Fsp3) is 0.231. The van der Waals surface area contributed by atoms with Gasteiger partial charge in [0.05, 0.1) is 0 Å². The number of benzene rings is 1. The smallest absolute Gasteiger partial charge is 0.344 e. The van der Waals surface area contributed by atoms with Crippen LogP contribution in [-0.4, -0.2) is 25.2 Å². The summed E-state index contributed by atoms with van der Waals surface area (Å²) in [4.78, 5) is 22.4. The molecule has 0 heterocycles. The first-order valence-electron chi connectivity index (χ1n) is 5.47. The molecule has 1 rings (SSSR count). The molecular weight excluding hydrogens is 277 g/mol. The minimum absolute atomic E-state index is 0.159. The maximum absolute atomic E-state index is 13.2. The van der Waals surface area contributed by atoms with Gasteiger partial charge in [0, 0.05) is 17.7 Å². The molecule has 20 heavy (non-hydrogen) atoms. The molecule has 0 aliphatic carbocycles. The van der Waals surface area contributed by atoms with E-state index in [4.69, 9.17) is 0 Å². The Morgan fingerprint density at radius 3 is 2.10 bits per heavy atom. The highest BCUT2D eigenvalue weighted by Gasteiger charge is 2.20. The Labute approximate surface area is 112 Å². The molecule has 0 spiro atoms. The van der Waals surface area contributed by atoms with Gasteiger partial charge in [-0.15, -0.1) is 0 Å². The van der Waals surface area contributed by atoms with Crippen LogP contribution in [0.1, 0.15) is 17.3 Å². The summed E-state index contributed by atoms with van der Waals surface area (Å²) >= 11 is 0. The summed E-state index contributed by atoms with van der Waals surface area (Å²) in [6.07, 6.45) is 0. The summed E-state index contributed by atoms with van der Waals surface area (Å²) in [5.74, 6) is -5.88. The molecule has 0 N–H and O–H groups in total. The molecule has 0 unspecified atom stereocenters. The first-order valence-corrected chi connectivity index (χ1v) is 5.47. The van der Waals surface area contributed by atoms with Crippen molar-refractivity contribution in [2.45, 2.75) is 6.92 Å². The molecule has 1 aromatic rings. The van der Waals surface area contributed by atoms with Crippen molar-refractivity contribution in [3.63, 3.8) is 0 Å². The van der Waals surface area contributed by atoms with Crippen molar-refractivity contribution in [3.8, 4) is 0 Å². The van der Waals surface area contributed by atoms with Crippen LogP contribution in [0.2, 0.25) is 0 Å². The standard InChI is InChI=1S/C13H11F3O4/c1-7(2)12(17)19-3-4-20-13(18)11-9(15)5-8(14)6-10(11)16/h5-6H,1,3-4H2,2H3. The summed E-state index contributed by atoms with van der Waals surface area (Å²) in [5.41, 5.74) is -0.843. The molecule has 7 heteroatoms. The van der Waals surface area contributed by atoms with Crippen LogP contribution in [0.5, 0.6) is 0 Å². The lowest BCUT2D eigenvalue weighted by Gasteiger charge is -2.07. The molecule has 0 radical (unpaired) electrons. The van der Waals surface area contributed by atoms with E-state index in [0.717, 1.165) is 0 Å². The van der Waals surface area contributed by atoms with Crippen molar-refractivity contribution in [1.82, 2.24) is 0 Å². The van der Waals surface area contributed by atoms with Gasteiger partial charge in [-0.05, 0) is 6.92 Å². The van der Waals surface area contributed by atoms with E-state index < -0.39 is 41.6 Å². The number of ether oxygens (including phenoxy) is 2. The predicted octanol–water partition coefficient (Wildman–Crippen LogP) is 2.38. The van der Waals surface area contributed by atoms with Crippen LogP contribution in [0.3, 0.4) is 0 Å². The maximum atomic E-state index is 13.2. The van der Waals surface area contributed by atoms with E-state index >= 15 is 0 Å². The van der Waals surface area contributed by atoms with Gasteiger partial charge >= 0.3 is 11.9 Å². The van der Waals surface area contributed by atoms with Gasteiger partial charge in [-0.1, -0.05) is 6.58 Å². The van der Waals surface area contributed by atoms with Gasteiger partial charge in [-0.2, -0.15) is 0 Å². The van der Waals surface area contributed by atoms with E-state index in [1.54, 1.807) is 0 Å². The highest BCUT2D eigenvalue weighted by atomic mass is 19.1. The zero-order valence-electron chi connectivity index (χ0n) is 10.5. The predicted molar refractivity (Wildman–Crippen MR) is 62.4 cm³/mol. The Bertz CT molecular complexity index is 532. The Morgan fingerprint density at radius 1 is 1.10 bits per heavy atom. The minimum Gasteiger partial charge on any atom is -0.459 e. The monoisotopic (exact) mass is 288 g/mol. The van der Waals surface area contributed by atoms with Gasteiger partial charge in [-0.25, -0.2) is 22.8 Å². The summed E-state index contributed by atoms with van der Waals surface area (Å²) in [6.45, 7) is 4.07. The van der Waals surface area contributed by atoms with Crippen LogP contribution < -0.4 is 0 Å². The zero-order valence-corrected chi connectivity index (χ0v) is 10.5. The van der Waals surface area contributed by atoms with Crippen LogP contribution in [0, 0.1) is 17.5 Å². The van der Waals surface area contributed by atoms with Gasteiger partial charge in [0.1, 0.15) is 36.2 Å². The molecule has 0 fully saturated rings. The molecule has 0 saturated heterocycles. The molecule has 0 saturated carbocycles.